The Labute approximate surface area is 108 Å². The van der Waals surface area contributed by atoms with Crippen molar-refractivity contribution in [2.75, 3.05) is 26.3 Å². The third-order valence-electron chi connectivity index (χ3n) is 4.11. The Morgan fingerprint density at radius 2 is 1.94 bits per heavy atom. The van der Waals surface area contributed by atoms with Gasteiger partial charge in [0.15, 0.2) is 0 Å². The van der Waals surface area contributed by atoms with Gasteiger partial charge in [0, 0.05) is 18.6 Å². The van der Waals surface area contributed by atoms with E-state index in [0.29, 0.717) is 5.41 Å². The largest absolute Gasteiger partial charge is 0.381 e. The van der Waals surface area contributed by atoms with Crippen molar-refractivity contribution >= 4 is 0 Å². The van der Waals surface area contributed by atoms with E-state index in [1.165, 1.54) is 25.7 Å². The molecular formula is C15H31NO. The van der Waals surface area contributed by atoms with Crippen LogP contribution in [0.4, 0.5) is 0 Å². The van der Waals surface area contributed by atoms with Crippen molar-refractivity contribution in [3.8, 4) is 0 Å². The first-order valence-corrected chi connectivity index (χ1v) is 7.40. The summed E-state index contributed by atoms with van der Waals surface area (Å²) in [5, 5.41) is 3.64. The summed E-state index contributed by atoms with van der Waals surface area (Å²) in [5.74, 6) is 1.61. The molecule has 0 aromatic rings. The predicted molar refractivity (Wildman–Crippen MR) is 74.3 cm³/mol. The fraction of sp³-hybridized carbons (Fsp3) is 1.00. The molecule has 0 aromatic heterocycles. The highest BCUT2D eigenvalue weighted by Gasteiger charge is 2.35. The van der Waals surface area contributed by atoms with Gasteiger partial charge in [-0.1, -0.05) is 40.5 Å². The molecule has 1 fully saturated rings. The van der Waals surface area contributed by atoms with Gasteiger partial charge in [-0.15, -0.1) is 0 Å². The van der Waals surface area contributed by atoms with Gasteiger partial charge in [-0.05, 0) is 31.2 Å². The highest BCUT2D eigenvalue weighted by atomic mass is 16.5. The van der Waals surface area contributed by atoms with E-state index in [0.717, 1.165) is 38.1 Å². The molecule has 1 heterocycles. The van der Waals surface area contributed by atoms with Crippen LogP contribution in [0.1, 0.15) is 53.4 Å². The summed E-state index contributed by atoms with van der Waals surface area (Å²) in [5.41, 5.74) is 0.422. The van der Waals surface area contributed by atoms with Gasteiger partial charge in [-0.2, -0.15) is 0 Å². The quantitative estimate of drug-likeness (QED) is 0.702. The molecule has 2 nitrogen and oxygen atoms in total. The monoisotopic (exact) mass is 241 g/mol. The molecule has 1 unspecified atom stereocenters. The molecule has 1 rings (SSSR count). The van der Waals surface area contributed by atoms with Gasteiger partial charge < -0.3 is 10.1 Å². The Balaban J connectivity index is 2.44. The zero-order valence-electron chi connectivity index (χ0n) is 12.2. The summed E-state index contributed by atoms with van der Waals surface area (Å²) in [4.78, 5) is 0. The lowest BCUT2D eigenvalue weighted by Crippen LogP contribution is -2.38. The van der Waals surface area contributed by atoms with Crippen molar-refractivity contribution in [2.45, 2.75) is 53.4 Å². The average Bonchev–Trinajstić information content (AvgIpc) is 2.74. The highest BCUT2D eigenvalue weighted by molar-refractivity contribution is 4.87. The number of hydrogen-bond donors (Lipinski definition) is 1. The van der Waals surface area contributed by atoms with Crippen molar-refractivity contribution in [2.24, 2.45) is 17.3 Å². The van der Waals surface area contributed by atoms with Crippen LogP contribution in [0.25, 0.3) is 0 Å². The average molecular weight is 241 g/mol. The van der Waals surface area contributed by atoms with E-state index in [1.54, 1.807) is 0 Å². The van der Waals surface area contributed by atoms with Gasteiger partial charge in [0.2, 0.25) is 0 Å². The minimum Gasteiger partial charge on any atom is -0.381 e. The van der Waals surface area contributed by atoms with Gasteiger partial charge in [-0.25, -0.2) is 0 Å². The van der Waals surface area contributed by atoms with Crippen LogP contribution in [0.2, 0.25) is 0 Å². The van der Waals surface area contributed by atoms with Crippen LogP contribution in [-0.4, -0.2) is 26.3 Å². The molecule has 0 radical (unpaired) electrons. The normalized spacial score (nSPS) is 25.1. The second kappa shape index (κ2) is 7.38. The van der Waals surface area contributed by atoms with Crippen LogP contribution in [0, 0.1) is 17.3 Å². The van der Waals surface area contributed by atoms with Gasteiger partial charge >= 0.3 is 0 Å². The molecule has 1 aliphatic heterocycles. The van der Waals surface area contributed by atoms with Crippen molar-refractivity contribution in [3.63, 3.8) is 0 Å². The molecule has 0 bridgehead atoms. The third-order valence-corrected chi connectivity index (χ3v) is 4.11. The maximum absolute atomic E-state index is 5.67. The first kappa shape index (κ1) is 15.0. The topological polar surface area (TPSA) is 21.3 Å². The number of hydrogen-bond acceptors (Lipinski definition) is 2. The lowest BCUT2D eigenvalue weighted by molar-refractivity contribution is 0.128. The molecule has 1 aliphatic rings. The summed E-state index contributed by atoms with van der Waals surface area (Å²) < 4.78 is 5.67. The van der Waals surface area contributed by atoms with Crippen LogP contribution in [-0.2, 0) is 4.74 Å². The molecule has 0 spiro atoms. The predicted octanol–water partition coefficient (Wildman–Crippen LogP) is 3.47. The van der Waals surface area contributed by atoms with E-state index < -0.39 is 0 Å². The smallest absolute Gasteiger partial charge is 0.0535 e. The van der Waals surface area contributed by atoms with Crippen molar-refractivity contribution < 1.29 is 4.74 Å². The molecule has 102 valence electrons. The second-order valence-electron chi connectivity index (χ2n) is 6.21. The summed E-state index contributed by atoms with van der Waals surface area (Å²) in [6, 6.07) is 0. The number of rotatable bonds is 8. The summed E-state index contributed by atoms with van der Waals surface area (Å²) in [7, 11) is 0. The Bertz CT molecular complexity index is 193. The van der Waals surface area contributed by atoms with E-state index in [2.05, 4.69) is 33.0 Å². The molecule has 0 aliphatic carbocycles. The summed E-state index contributed by atoms with van der Waals surface area (Å²) in [6.07, 6.45) is 5.20. The van der Waals surface area contributed by atoms with Gasteiger partial charge in [-0.3, -0.25) is 0 Å². The van der Waals surface area contributed by atoms with E-state index in [-0.39, 0.29) is 0 Å². The van der Waals surface area contributed by atoms with Crippen molar-refractivity contribution in [1.82, 2.24) is 5.32 Å². The van der Waals surface area contributed by atoms with Gasteiger partial charge in [0.1, 0.15) is 0 Å². The fourth-order valence-electron chi connectivity index (χ4n) is 2.84. The number of nitrogens with one attached hydrogen (secondary N) is 1. The molecular weight excluding hydrogens is 210 g/mol. The lowest BCUT2D eigenvalue weighted by atomic mass is 9.77. The fourth-order valence-corrected chi connectivity index (χ4v) is 2.84. The Hall–Kier alpha value is -0.0800. The van der Waals surface area contributed by atoms with Crippen LogP contribution in [0.15, 0.2) is 0 Å². The van der Waals surface area contributed by atoms with E-state index >= 15 is 0 Å². The zero-order valence-corrected chi connectivity index (χ0v) is 12.2. The molecule has 2 heteroatoms. The van der Waals surface area contributed by atoms with Gasteiger partial charge in [0.05, 0.1) is 6.61 Å². The minimum absolute atomic E-state index is 0.422. The molecule has 0 saturated carbocycles. The van der Waals surface area contributed by atoms with E-state index in [9.17, 15) is 0 Å². The second-order valence-corrected chi connectivity index (χ2v) is 6.21. The summed E-state index contributed by atoms with van der Waals surface area (Å²) in [6.45, 7) is 13.4. The number of ether oxygens (including phenoxy) is 1. The molecule has 1 N–H and O–H groups in total. The van der Waals surface area contributed by atoms with Crippen LogP contribution in [0.3, 0.4) is 0 Å². The zero-order chi connectivity index (χ0) is 12.7. The van der Waals surface area contributed by atoms with Crippen molar-refractivity contribution in [3.05, 3.63) is 0 Å². The summed E-state index contributed by atoms with van der Waals surface area (Å²) >= 11 is 0. The Morgan fingerprint density at radius 3 is 2.41 bits per heavy atom. The SMILES string of the molecule is CCC(CC)CC1(CNCC(C)C)CCOC1. The third kappa shape index (κ3) is 4.97. The standard InChI is InChI=1S/C15H31NO/c1-5-14(6-2)9-15(7-8-17-12-15)11-16-10-13(3)4/h13-14,16H,5-12H2,1-4H3. The van der Waals surface area contributed by atoms with Gasteiger partial charge in [0.25, 0.3) is 0 Å². The molecule has 0 aromatic carbocycles. The van der Waals surface area contributed by atoms with Crippen LogP contribution >= 0.6 is 0 Å². The first-order chi connectivity index (χ1) is 8.12. The maximum atomic E-state index is 5.67. The lowest BCUT2D eigenvalue weighted by Gasteiger charge is -2.31. The van der Waals surface area contributed by atoms with E-state index in [1.807, 2.05) is 0 Å². The first-order valence-electron chi connectivity index (χ1n) is 7.40. The van der Waals surface area contributed by atoms with E-state index in [4.69, 9.17) is 4.74 Å². The molecule has 17 heavy (non-hydrogen) atoms. The van der Waals surface area contributed by atoms with Crippen LogP contribution in [0.5, 0.6) is 0 Å². The van der Waals surface area contributed by atoms with Crippen LogP contribution < -0.4 is 5.32 Å². The van der Waals surface area contributed by atoms with Crippen molar-refractivity contribution in [1.29, 1.82) is 0 Å². The Kier molecular flexibility index (Phi) is 6.50. The molecule has 1 atom stereocenters. The maximum Gasteiger partial charge on any atom is 0.0535 e. The minimum atomic E-state index is 0.422. The molecule has 1 saturated heterocycles. The molecule has 0 amide bonds. The highest BCUT2D eigenvalue weighted by Crippen LogP contribution is 2.36. The Morgan fingerprint density at radius 1 is 1.24 bits per heavy atom.